The van der Waals surface area contributed by atoms with E-state index in [1.54, 1.807) is 41.5 Å². The van der Waals surface area contributed by atoms with Gasteiger partial charge in [-0.2, -0.15) is 0 Å². The van der Waals surface area contributed by atoms with Crippen LogP contribution in [0, 0.1) is 0 Å². The average Bonchev–Trinajstić information content (AvgIpc) is 3.38. The molecule has 2 aromatic carbocycles. The van der Waals surface area contributed by atoms with Crippen molar-refractivity contribution >= 4 is 50.3 Å². The van der Waals surface area contributed by atoms with Gasteiger partial charge in [-0.3, -0.25) is 0 Å². The van der Waals surface area contributed by atoms with E-state index in [1.165, 1.54) is 0 Å². The fourth-order valence-corrected chi connectivity index (χ4v) is 4.25. The SMILES string of the molecule is CC(C)(C)OC(=O)NC1COc2cc(Br)ccc21.CC(C)(C)OC(=O)OC(=O)OC(C)(C)C.NC1COc2cc(Br)ccc21. The molecule has 0 radical (unpaired) electrons. The Morgan fingerprint density at radius 3 is 1.64 bits per heavy atom. The number of hydrogen-bond donors (Lipinski definition) is 2. The van der Waals surface area contributed by atoms with Crippen molar-refractivity contribution in [2.24, 2.45) is 5.73 Å². The summed E-state index contributed by atoms with van der Waals surface area (Å²) in [5, 5.41) is 2.81. The van der Waals surface area contributed by atoms with Crippen molar-refractivity contribution in [1.29, 1.82) is 0 Å². The van der Waals surface area contributed by atoms with Crippen LogP contribution >= 0.6 is 31.9 Å². The molecular formula is C31H42Br2N2O9. The van der Waals surface area contributed by atoms with Crippen LogP contribution in [0.3, 0.4) is 0 Å². The van der Waals surface area contributed by atoms with Gasteiger partial charge in [0.25, 0.3) is 0 Å². The lowest BCUT2D eigenvalue weighted by Gasteiger charge is -2.21. The van der Waals surface area contributed by atoms with Gasteiger partial charge in [-0.1, -0.05) is 44.0 Å². The Hall–Kier alpha value is -3.03. The van der Waals surface area contributed by atoms with Crippen LogP contribution in [0.2, 0.25) is 0 Å². The Morgan fingerprint density at radius 2 is 1.16 bits per heavy atom. The predicted molar refractivity (Wildman–Crippen MR) is 172 cm³/mol. The smallest absolute Gasteiger partial charge is 0.491 e. The molecule has 2 aliphatic rings. The van der Waals surface area contributed by atoms with Crippen molar-refractivity contribution in [3.63, 3.8) is 0 Å². The molecule has 13 heteroatoms. The number of halogens is 2. The van der Waals surface area contributed by atoms with E-state index in [0.29, 0.717) is 13.2 Å². The highest BCUT2D eigenvalue weighted by Crippen LogP contribution is 2.35. The van der Waals surface area contributed by atoms with Gasteiger partial charge < -0.3 is 39.5 Å². The molecule has 1 amide bonds. The number of nitrogens with one attached hydrogen (secondary N) is 1. The lowest BCUT2D eigenvalue weighted by Crippen LogP contribution is -2.35. The first-order valence-corrected chi connectivity index (χ1v) is 15.4. The molecule has 0 aromatic heterocycles. The second-order valence-electron chi connectivity index (χ2n) is 12.8. The lowest BCUT2D eigenvalue weighted by molar-refractivity contribution is -0.0294. The summed E-state index contributed by atoms with van der Waals surface area (Å²) in [6.45, 7) is 16.6. The Kier molecular flexibility index (Phi) is 12.9. The molecule has 2 unspecified atom stereocenters. The topological polar surface area (TPSA) is 145 Å². The van der Waals surface area contributed by atoms with Gasteiger partial charge in [-0.25, -0.2) is 14.4 Å². The molecule has 44 heavy (non-hydrogen) atoms. The molecule has 0 bridgehead atoms. The Labute approximate surface area is 275 Å². The van der Waals surface area contributed by atoms with Gasteiger partial charge in [-0.15, -0.1) is 0 Å². The first kappa shape index (κ1) is 37.2. The molecule has 3 N–H and O–H groups in total. The van der Waals surface area contributed by atoms with Gasteiger partial charge in [-0.05, 0) is 86.6 Å². The summed E-state index contributed by atoms with van der Waals surface area (Å²) < 4.78 is 31.9. The molecule has 244 valence electrons. The molecule has 0 spiro atoms. The van der Waals surface area contributed by atoms with Gasteiger partial charge in [0.05, 0.1) is 12.1 Å². The number of ether oxygens (including phenoxy) is 6. The maximum Gasteiger partial charge on any atom is 0.519 e. The van der Waals surface area contributed by atoms with Crippen molar-refractivity contribution in [3.8, 4) is 11.5 Å². The number of nitrogens with two attached hydrogens (primary N) is 1. The van der Waals surface area contributed by atoms with E-state index in [4.69, 9.17) is 29.4 Å². The van der Waals surface area contributed by atoms with Crippen LogP contribution in [0.1, 0.15) is 85.5 Å². The minimum Gasteiger partial charge on any atom is -0.491 e. The fraction of sp³-hybridized carbons (Fsp3) is 0.516. The summed E-state index contributed by atoms with van der Waals surface area (Å²) in [4.78, 5) is 33.7. The summed E-state index contributed by atoms with van der Waals surface area (Å²) in [5.74, 6) is 1.71. The predicted octanol–water partition coefficient (Wildman–Crippen LogP) is 8.12. The zero-order chi connectivity index (χ0) is 33.5. The third kappa shape index (κ3) is 13.7. The number of hydrogen-bond acceptors (Lipinski definition) is 10. The third-order valence-corrected chi connectivity index (χ3v) is 6.17. The highest BCUT2D eigenvalue weighted by atomic mass is 79.9. The summed E-state index contributed by atoms with van der Waals surface area (Å²) in [7, 11) is 0. The van der Waals surface area contributed by atoms with Crippen molar-refractivity contribution in [2.75, 3.05) is 13.2 Å². The van der Waals surface area contributed by atoms with Crippen molar-refractivity contribution < 1.29 is 42.8 Å². The number of carbonyl (C=O) groups excluding carboxylic acids is 3. The van der Waals surface area contributed by atoms with E-state index >= 15 is 0 Å². The summed E-state index contributed by atoms with van der Waals surface area (Å²) in [6.07, 6.45) is -2.54. The van der Waals surface area contributed by atoms with Crippen LogP contribution in [0.4, 0.5) is 14.4 Å². The van der Waals surface area contributed by atoms with Gasteiger partial charge in [0.2, 0.25) is 0 Å². The Morgan fingerprint density at radius 1 is 0.727 bits per heavy atom. The molecule has 0 fully saturated rings. The van der Waals surface area contributed by atoms with Gasteiger partial charge in [0.15, 0.2) is 0 Å². The first-order chi connectivity index (χ1) is 20.1. The van der Waals surface area contributed by atoms with Gasteiger partial charge >= 0.3 is 18.4 Å². The van der Waals surface area contributed by atoms with Crippen LogP contribution in [0.25, 0.3) is 0 Å². The first-order valence-electron chi connectivity index (χ1n) is 13.9. The molecular weight excluding hydrogens is 704 g/mol. The lowest BCUT2D eigenvalue weighted by atomic mass is 10.1. The summed E-state index contributed by atoms with van der Waals surface area (Å²) in [6, 6.07) is 11.6. The maximum absolute atomic E-state index is 11.7. The summed E-state index contributed by atoms with van der Waals surface area (Å²) >= 11 is 6.75. The molecule has 2 atom stereocenters. The number of amides is 1. The molecule has 2 aliphatic heterocycles. The molecule has 11 nitrogen and oxygen atoms in total. The van der Waals surface area contributed by atoms with E-state index < -0.39 is 35.2 Å². The second-order valence-corrected chi connectivity index (χ2v) is 14.7. The maximum atomic E-state index is 11.7. The second kappa shape index (κ2) is 15.3. The molecule has 0 saturated heterocycles. The molecule has 0 aliphatic carbocycles. The van der Waals surface area contributed by atoms with Crippen molar-refractivity contribution in [3.05, 3.63) is 56.5 Å². The largest absolute Gasteiger partial charge is 0.519 e. The zero-order valence-electron chi connectivity index (χ0n) is 26.5. The quantitative estimate of drug-likeness (QED) is 0.167. The standard InChI is InChI=1S/C13H16BrNO3.C10H18O5.C8H8BrNO/c1-13(2,3)18-12(16)15-10-7-17-11-6-8(14)4-5-9(10)11;1-9(2,3)14-7(11)13-8(12)15-10(4,5)6;9-5-1-2-6-7(10)4-11-8(6)3-5/h4-6,10H,7H2,1-3H3,(H,15,16);1-6H3;1-3,7H,4,10H2. The molecule has 0 saturated carbocycles. The van der Waals surface area contributed by atoms with Crippen LogP contribution in [0.15, 0.2) is 45.3 Å². The van der Waals surface area contributed by atoms with Crippen molar-refractivity contribution in [2.45, 2.75) is 91.2 Å². The van der Waals surface area contributed by atoms with E-state index in [1.807, 2.05) is 57.2 Å². The van der Waals surface area contributed by atoms with Gasteiger partial charge in [0.1, 0.15) is 41.5 Å². The number of rotatable bonds is 1. The van der Waals surface area contributed by atoms with Crippen LogP contribution in [0.5, 0.6) is 11.5 Å². The fourth-order valence-electron chi connectivity index (χ4n) is 3.57. The van der Waals surface area contributed by atoms with Crippen molar-refractivity contribution in [1.82, 2.24) is 5.32 Å². The highest BCUT2D eigenvalue weighted by molar-refractivity contribution is 9.10. The van der Waals surface area contributed by atoms with Crippen LogP contribution in [-0.4, -0.2) is 48.4 Å². The van der Waals surface area contributed by atoms with E-state index in [0.717, 1.165) is 31.6 Å². The monoisotopic (exact) mass is 744 g/mol. The van der Waals surface area contributed by atoms with E-state index in [-0.39, 0.29) is 12.1 Å². The van der Waals surface area contributed by atoms with Crippen LogP contribution in [-0.2, 0) is 18.9 Å². The zero-order valence-corrected chi connectivity index (χ0v) is 29.7. The molecule has 4 rings (SSSR count). The number of fused-ring (bicyclic) bond motifs is 2. The molecule has 2 heterocycles. The van der Waals surface area contributed by atoms with E-state index in [2.05, 4.69) is 41.9 Å². The Bertz CT molecular complexity index is 1290. The average molecular weight is 746 g/mol. The minimum atomic E-state index is -1.06. The van der Waals surface area contributed by atoms with E-state index in [9.17, 15) is 14.4 Å². The summed E-state index contributed by atoms with van der Waals surface area (Å²) in [5.41, 5.74) is 5.95. The number of benzene rings is 2. The normalized spacial score (nSPS) is 16.6. The van der Waals surface area contributed by atoms with Gasteiger partial charge in [0, 0.05) is 20.1 Å². The molecule has 2 aromatic rings. The number of carbonyl (C=O) groups is 3. The Balaban J connectivity index is 0.000000237. The van der Waals surface area contributed by atoms with Crippen LogP contribution < -0.4 is 20.5 Å². The number of alkyl carbamates (subject to hydrolysis) is 1. The highest BCUT2D eigenvalue weighted by Gasteiger charge is 2.28. The third-order valence-electron chi connectivity index (χ3n) is 5.19. The minimum absolute atomic E-state index is 0.0538.